The summed E-state index contributed by atoms with van der Waals surface area (Å²) >= 11 is 0. The van der Waals surface area contributed by atoms with E-state index in [0.29, 0.717) is 17.9 Å². The molecule has 10 nitrogen and oxygen atoms in total. The molecule has 4 N–H and O–H groups in total. The zero-order valence-corrected chi connectivity index (χ0v) is 11.8. The zero-order valence-electron chi connectivity index (χ0n) is 11.8. The normalized spacial score (nSPS) is 10.8. The summed E-state index contributed by atoms with van der Waals surface area (Å²) in [4.78, 5) is 12.6. The number of hydrogen-bond acceptors (Lipinski definition) is 8. The number of carbonyl (C=O) groups is 1. The van der Waals surface area contributed by atoms with Crippen molar-refractivity contribution in [1.82, 2.24) is 25.6 Å². The average molecular weight is 305 g/mol. The molecular weight excluding hydrogens is 290 g/mol. The van der Waals surface area contributed by atoms with Crippen molar-refractivity contribution in [1.29, 1.82) is 0 Å². The number of nitrogens with zero attached hydrogens (tertiary/aromatic N) is 5. The molecule has 0 spiro atoms. The van der Waals surface area contributed by atoms with Gasteiger partial charge in [-0.1, -0.05) is 5.10 Å². The van der Waals surface area contributed by atoms with Gasteiger partial charge in [0, 0.05) is 0 Å². The second-order valence-corrected chi connectivity index (χ2v) is 4.13. The number of phenols is 1. The summed E-state index contributed by atoms with van der Waals surface area (Å²) in [5.74, 6) is -0.0667. The smallest absolute Gasteiger partial charge is 0.263 e. The van der Waals surface area contributed by atoms with Crippen molar-refractivity contribution < 1.29 is 14.6 Å². The number of hydrogen-bond donors (Lipinski definition) is 3. The lowest BCUT2D eigenvalue weighted by atomic mass is 10.2. The van der Waals surface area contributed by atoms with Crippen LogP contribution in [0.4, 0.5) is 5.95 Å². The fourth-order valence-corrected chi connectivity index (χ4v) is 1.56. The van der Waals surface area contributed by atoms with E-state index < -0.39 is 5.91 Å². The van der Waals surface area contributed by atoms with Crippen LogP contribution in [0.2, 0.25) is 0 Å². The van der Waals surface area contributed by atoms with Crippen LogP contribution in [-0.4, -0.2) is 44.0 Å². The van der Waals surface area contributed by atoms with E-state index in [1.54, 1.807) is 12.1 Å². The Hall–Kier alpha value is -3.17. The number of aromatic nitrogens is 4. The van der Waals surface area contributed by atoms with Gasteiger partial charge in [0.2, 0.25) is 0 Å². The molecule has 22 heavy (non-hydrogen) atoms. The van der Waals surface area contributed by atoms with Gasteiger partial charge in [-0.05, 0) is 35.9 Å². The third-order valence-electron chi connectivity index (χ3n) is 2.44. The summed E-state index contributed by atoms with van der Waals surface area (Å²) in [6.45, 7) is 2.12. The minimum Gasteiger partial charge on any atom is -0.504 e. The van der Waals surface area contributed by atoms with Crippen LogP contribution in [0.5, 0.6) is 11.5 Å². The molecule has 116 valence electrons. The molecule has 1 aromatic carbocycles. The fraction of sp³-hybridized carbons (Fsp3) is 0.250. The number of hydrazone groups is 1. The van der Waals surface area contributed by atoms with Crippen molar-refractivity contribution in [2.45, 2.75) is 13.5 Å². The summed E-state index contributed by atoms with van der Waals surface area (Å²) in [5.41, 5.74) is 8.18. The monoisotopic (exact) mass is 305 g/mol. The van der Waals surface area contributed by atoms with Gasteiger partial charge in [0.05, 0.1) is 12.8 Å². The number of ether oxygens (including phenoxy) is 1. The molecule has 1 heterocycles. The molecule has 0 bridgehead atoms. The Kier molecular flexibility index (Phi) is 4.85. The van der Waals surface area contributed by atoms with Crippen LogP contribution in [0.1, 0.15) is 12.5 Å². The number of benzene rings is 1. The molecule has 0 radical (unpaired) electrons. The summed E-state index contributed by atoms with van der Waals surface area (Å²) in [6, 6.07) is 4.78. The largest absolute Gasteiger partial charge is 0.504 e. The standard InChI is InChI=1S/C12H15N7O3/c1-2-22-10-4-3-8(5-9(10)20)6-14-15-11(21)7-19-17-12(13)16-18-19/h3-6,20H,2,7H2,1H3,(H2,13,17)(H,15,21)/b14-6-. The molecule has 1 aromatic heterocycles. The molecule has 0 aliphatic carbocycles. The van der Waals surface area contributed by atoms with Gasteiger partial charge in [0.15, 0.2) is 11.5 Å². The van der Waals surface area contributed by atoms with Gasteiger partial charge < -0.3 is 15.6 Å². The molecule has 0 aliphatic heterocycles. The number of aromatic hydroxyl groups is 1. The van der Waals surface area contributed by atoms with Crippen LogP contribution in [0.3, 0.4) is 0 Å². The molecular formula is C12H15N7O3. The predicted molar refractivity (Wildman–Crippen MR) is 77.2 cm³/mol. The summed E-state index contributed by atoms with van der Waals surface area (Å²) in [5, 5.41) is 24.1. The number of nitrogens with two attached hydrogens (primary N) is 1. The van der Waals surface area contributed by atoms with Gasteiger partial charge in [-0.25, -0.2) is 5.43 Å². The van der Waals surface area contributed by atoms with Crippen molar-refractivity contribution in [2.24, 2.45) is 5.10 Å². The van der Waals surface area contributed by atoms with E-state index in [1.165, 1.54) is 12.3 Å². The second-order valence-electron chi connectivity index (χ2n) is 4.13. The third-order valence-corrected chi connectivity index (χ3v) is 2.44. The van der Waals surface area contributed by atoms with E-state index >= 15 is 0 Å². The lowest BCUT2D eigenvalue weighted by Crippen LogP contribution is -2.24. The van der Waals surface area contributed by atoms with Crippen molar-refractivity contribution in [3.8, 4) is 11.5 Å². The zero-order chi connectivity index (χ0) is 15.9. The minimum absolute atomic E-state index is 0.000540. The first-order valence-electron chi connectivity index (χ1n) is 6.39. The third kappa shape index (κ3) is 4.16. The second kappa shape index (κ2) is 7.02. The van der Waals surface area contributed by atoms with Gasteiger partial charge in [0.1, 0.15) is 6.54 Å². The van der Waals surface area contributed by atoms with Crippen molar-refractivity contribution in [2.75, 3.05) is 12.3 Å². The highest BCUT2D eigenvalue weighted by atomic mass is 16.5. The maximum Gasteiger partial charge on any atom is 0.263 e. The first kappa shape index (κ1) is 15.2. The lowest BCUT2D eigenvalue weighted by Gasteiger charge is -2.05. The van der Waals surface area contributed by atoms with Crippen LogP contribution >= 0.6 is 0 Å². The van der Waals surface area contributed by atoms with Gasteiger partial charge >= 0.3 is 0 Å². The van der Waals surface area contributed by atoms with Crippen molar-refractivity contribution >= 4 is 18.1 Å². The molecule has 0 saturated heterocycles. The lowest BCUT2D eigenvalue weighted by molar-refractivity contribution is -0.122. The Morgan fingerprint density at radius 1 is 1.59 bits per heavy atom. The first-order chi connectivity index (χ1) is 10.6. The summed E-state index contributed by atoms with van der Waals surface area (Å²) < 4.78 is 5.21. The fourth-order valence-electron chi connectivity index (χ4n) is 1.56. The predicted octanol–water partition coefficient (Wildman–Crippen LogP) is -0.490. The van der Waals surface area contributed by atoms with Gasteiger partial charge in [0.25, 0.3) is 11.9 Å². The van der Waals surface area contributed by atoms with Crippen LogP contribution < -0.4 is 15.9 Å². The van der Waals surface area contributed by atoms with E-state index in [-0.39, 0.29) is 18.2 Å². The average Bonchev–Trinajstić information content (AvgIpc) is 2.87. The van der Waals surface area contributed by atoms with E-state index in [4.69, 9.17) is 10.5 Å². The highest BCUT2D eigenvalue weighted by Crippen LogP contribution is 2.25. The van der Waals surface area contributed by atoms with E-state index in [0.717, 1.165) is 4.80 Å². The Labute approximate surface area is 125 Å². The molecule has 0 aliphatic rings. The van der Waals surface area contributed by atoms with Crippen LogP contribution in [0, 0.1) is 0 Å². The van der Waals surface area contributed by atoms with Crippen LogP contribution in [0.25, 0.3) is 0 Å². The number of tetrazole rings is 1. The quantitative estimate of drug-likeness (QED) is 0.483. The number of anilines is 1. The Morgan fingerprint density at radius 3 is 3.05 bits per heavy atom. The number of nitrogen functional groups attached to an aromatic ring is 1. The number of amides is 1. The molecule has 0 saturated carbocycles. The van der Waals surface area contributed by atoms with Crippen LogP contribution in [0.15, 0.2) is 23.3 Å². The maximum absolute atomic E-state index is 11.6. The maximum atomic E-state index is 11.6. The molecule has 0 atom stereocenters. The molecule has 0 fully saturated rings. The Morgan fingerprint density at radius 2 is 2.41 bits per heavy atom. The molecule has 2 aromatic rings. The summed E-state index contributed by atoms with van der Waals surface area (Å²) in [6.07, 6.45) is 1.39. The highest BCUT2D eigenvalue weighted by molar-refractivity contribution is 5.83. The van der Waals surface area contributed by atoms with Gasteiger partial charge in [-0.3, -0.25) is 4.79 Å². The topological polar surface area (TPSA) is 141 Å². The summed E-state index contributed by atoms with van der Waals surface area (Å²) in [7, 11) is 0. The number of nitrogens with one attached hydrogen (secondary N) is 1. The van der Waals surface area contributed by atoms with E-state index in [1.807, 2.05) is 6.92 Å². The number of rotatable bonds is 6. The minimum atomic E-state index is -0.441. The number of phenolic OH excluding ortho intramolecular Hbond substituents is 1. The van der Waals surface area contributed by atoms with Gasteiger partial charge in [-0.15, -0.1) is 5.10 Å². The van der Waals surface area contributed by atoms with Crippen molar-refractivity contribution in [3.63, 3.8) is 0 Å². The van der Waals surface area contributed by atoms with Crippen LogP contribution in [-0.2, 0) is 11.3 Å². The Balaban J connectivity index is 1.89. The molecule has 10 heteroatoms. The van der Waals surface area contributed by atoms with Gasteiger partial charge in [-0.2, -0.15) is 9.90 Å². The molecule has 0 unspecified atom stereocenters. The molecule has 1 amide bonds. The Bertz CT molecular complexity index is 683. The molecule has 2 rings (SSSR count). The van der Waals surface area contributed by atoms with E-state index in [9.17, 15) is 9.90 Å². The number of carbonyl (C=O) groups excluding carboxylic acids is 1. The van der Waals surface area contributed by atoms with Crippen molar-refractivity contribution in [3.05, 3.63) is 23.8 Å². The SMILES string of the molecule is CCOc1ccc(/C=N\NC(=O)Cn2nnc(N)n2)cc1O. The first-order valence-corrected chi connectivity index (χ1v) is 6.39. The highest BCUT2D eigenvalue weighted by Gasteiger charge is 2.05. The van der Waals surface area contributed by atoms with E-state index in [2.05, 4.69) is 25.9 Å².